The van der Waals surface area contributed by atoms with Crippen molar-refractivity contribution < 1.29 is 4.79 Å². The van der Waals surface area contributed by atoms with E-state index >= 15 is 0 Å². The maximum absolute atomic E-state index is 11.8. The number of benzene rings is 1. The number of carbonyl (C=O) groups is 1. The van der Waals surface area contributed by atoms with Gasteiger partial charge < -0.3 is 10.6 Å². The van der Waals surface area contributed by atoms with Crippen LogP contribution >= 0.6 is 0 Å². The van der Waals surface area contributed by atoms with Gasteiger partial charge in [0.1, 0.15) is 0 Å². The van der Waals surface area contributed by atoms with Crippen LogP contribution in [0, 0.1) is 0 Å². The van der Waals surface area contributed by atoms with Crippen molar-refractivity contribution in [3.05, 3.63) is 24.4 Å². The highest BCUT2D eigenvalue weighted by molar-refractivity contribution is 5.93. The molecule has 0 bridgehead atoms. The van der Waals surface area contributed by atoms with Gasteiger partial charge in [-0.3, -0.25) is 9.89 Å². The van der Waals surface area contributed by atoms with Crippen molar-refractivity contribution >= 4 is 22.5 Å². The first kappa shape index (κ1) is 13.5. The Labute approximate surface area is 112 Å². The van der Waals surface area contributed by atoms with Gasteiger partial charge in [0.2, 0.25) is 5.91 Å². The Morgan fingerprint density at radius 3 is 3.05 bits per heavy atom. The smallest absolute Gasteiger partial charge is 0.224 e. The monoisotopic (exact) mass is 260 g/mol. The summed E-state index contributed by atoms with van der Waals surface area (Å²) in [4.78, 5) is 11.8. The second-order valence-corrected chi connectivity index (χ2v) is 4.93. The van der Waals surface area contributed by atoms with Crippen LogP contribution in [0.3, 0.4) is 0 Å². The van der Waals surface area contributed by atoms with Crippen molar-refractivity contribution in [1.29, 1.82) is 0 Å². The molecule has 5 nitrogen and oxygen atoms in total. The van der Waals surface area contributed by atoms with Crippen molar-refractivity contribution in [2.75, 3.05) is 11.9 Å². The first-order valence-corrected chi connectivity index (χ1v) is 6.61. The third-order valence-corrected chi connectivity index (χ3v) is 2.86. The fraction of sp³-hybridized carbons (Fsp3) is 0.429. The SMILES string of the molecule is CC(C)NCCCC(=O)Nc1ccc2cn[nH]c2c1. The standard InChI is InChI=1S/C14H20N4O/c1-10(2)15-7-3-4-14(19)17-12-6-5-11-9-16-18-13(11)8-12/h5-6,8-10,15H,3-4,7H2,1-2H3,(H,16,18)(H,17,19). The van der Waals surface area contributed by atoms with Gasteiger partial charge in [0.15, 0.2) is 0 Å². The van der Waals surface area contributed by atoms with Crippen molar-refractivity contribution in [2.24, 2.45) is 0 Å². The molecule has 0 saturated heterocycles. The highest BCUT2D eigenvalue weighted by Crippen LogP contribution is 2.16. The van der Waals surface area contributed by atoms with Gasteiger partial charge in [-0.05, 0) is 31.2 Å². The van der Waals surface area contributed by atoms with Crippen LogP contribution in [0.15, 0.2) is 24.4 Å². The zero-order valence-corrected chi connectivity index (χ0v) is 11.4. The molecule has 0 aliphatic heterocycles. The second-order valence-electron chi connectivity index (χ2n) is 4.93. The first-order valence-electron chi connectivity index (χ1n) is 6.61. The zero-order valence-electron chi connectivity index (χ0n) is 11.4. The second kappa shape index (κ2) is 6.33. The van der Waals surface area contributed by atoms with Crippen molar-refractivity contribution in [3.8, 4) is 0 Å². The van der Waals surface area contributed by atoms with Crippen LogP contribution in [0.4, 0.5) is 5.69 Å². The lowest BCUT2D eigenvalue weighted by Crippen LogP contribution is -2.24. The number of carbonyl (C=O) groups excluding carboxylic acids is 1. The number of fused-ring (bicyclic) bond motifs is 1. The van der Waals surface area contributed by atoms with Gasteiger partial charge in [-0.2, -0.15) is 5.10 Å². The Balaban J connectivity index is 1.81. The van der Waals surface area contributed by atoms with E-state index in [-0.39, 0.29) is 5.91 Å². The van der Waals surface area contributed by atoms with Gasteiger partial charge in [0, 0.05) is 23.5 Å². The summed E-state index contributed by atoms with van der Waals surface area (Å²) in [5.41, 5.74) is 1.73. The van der Waals surface area contributed by atoms with Gasteiger partial charge in [-0.1, -0.05) is 13.8 Å². The minimum atomic E-state index is 0.0458. The number of amides is 1. The van der Waals surface area contributed by atoms with Gasteiger partial charge in [0.05, 0.1) is 11.7 Å². The van der Waals surface area contributed by atoms with Crippen molar-refractivity contribution in [3.63, 3.8) is 0 Å². The van der Waals surface area contributed by atoms with E-state index in [1.807, 2.05) is 18.2 Å². The summed E-state index contributed by atoms with van der Waals surface area (Å²) in [6.07, 6.45) is 3.13. The molecule has 2 aromatic rings. The molecule has 1 heterocycles. The summed E-state index contributed by atoms with van der Waals surface area (Å²) in [5.74, 6) is 0.0458. The Morgan fingerprint density at radius 2 is 2.26 bits per heavy atom. The number of rotatable bonds is 6. The van der Waals surface area contributed by atoms with E-state index in [1.54, 1.807) is 6.20 Å². The van der Waals surface area contributed by atoms with Crippen molar-refractivity contribution in [1.82, 2.24) is 15.5 Å². The van der Waals surface area contributed by atoms with E-state index in [0.29, 0.717) is 12.5 Å². The van der Waals surface area contributed by atoms with E-state index < -0.39 is 0 Å². The summed E-state index contributed by atoms with van der Waals surface area (Å²) in [6, 6.07) is 6.19. The Hall–Kier alpha value is -1.88. The molecule has 1 aromatic carbocycles. The fourth-order valence-corrected chi connectivity index (χ4v) is 1.88. The summed E-state index contributed by atoms with van der Waals surface area (Å²) < 4.78 is 0. The van der Waals surface area contributed by atoms with Gasteiger partial charge in [-0.25, -0.2) is 0 Å². The molecule has 0 aliphatic rings. The molecular formula is C14H20N4O. The number of aromatic amines is 1. The molecule has 0 spiro atoms. The normalized spacial score (nSPS) is 11.1. The van der Waals surface area contributed by atoms with E-state index in [9.17, 15) is 4.79 Å². The molecular weight excluding hydrogens is 240 g/mol. The van der Waals surface area contributed by atoms with E-state index in [1.165, 1.54) is 0 Å². The molecule has 2 rings (SSSR count). The summed E-state index contributed by atoms with van der Waals surface area (Å²) in [7, 11) is 0. The zero-order chi connectivity index (χ0) is 13.7. The molecule has 0 fully saturated rings. The van der Waals surface area contributed by atoms with Crippen molar-refractivity contribution in [2.45, 2.75) is 32.7 Å². The van der Waals surface area contributed by atoms with Gasteiger partial charge in [0.25, 0.3) is 0 Å². The fourth-order valence-electron chi connectivity index (χ4n) is 1.88. The van der Waals surface area contributed by atoms with E-state index in [0.717, 1.165) is 29.6 Å². The Morgan fingerprint density at radius 1 is 1.42 bits per heavy atom. The molecule has 3 N–H and O–H groups in total. The summed E-state index contributed by atoms with van der Waals surface area (Å²) in [6.45, 7) is 5.06. The van der Waals surface area contributed by atoms with E-state index in [2.05, 4.69) is 34.7 Å². The number of nitrogens with one attached hydrogen (secondary N) is 3. The van der Waals surface area contributed by atoms with Crippen LogP contribution < -0.4 is 10.6 Å². The molecule has 5 heteroatoms. The Kier molecular flexibility index (Phi) is 4.52. The molecule has 0 saturated carbocycles. The number of anilines is 1. The third-order valence-electron chi connectivity index (χ3n) is 2.86. The molecule has 1 aromatic heterocycles. The minimum absolute atomic E-state index is 0.0458. The maximum atomic E-state index is 11.8. The minimum Gasteiger partial charge on any atom is -0.326 e. The van der Waals surface area contributed by atoms with Gasteiger partial charge >= 0.3 is 0 Å². The third kappa shape index (κ3) is 4.06. The maximum Gasteiger partial charge on any atom is 0.224 e. The van der Waals surface area contributed by atoms with Crippen LogP contribution in [0.25, 0.3) is 10.9 Å². The lowest BCUT2D eigenvalue weighted by molar-refractivity contribution is -0.116. The largest absolute Gasteiger partial charge is 0.326 e. The van der Waals surface area contributed by atoms with Gasteiger partial charge in [-0.15, -0.1) is 0 Å². The molecule has 102 valence electrons. The number of H-pyrrole nitrogens is 1. The predicted molar refractivity (Wildman–Crippen MR) is 77.1 cm³/mol. The first-order chi connectivity index (χ1) is 9.15. The van der Waals surface area contributed by atoms with Crippen LogP contribution in [0.5, 0.6) is 0 Å². The highest BCUT2D eigenvalue weighted by atomic mass is 16.1. The predicted octanol–water partition coefficient (Wildman–Crippen LogP) is 2.28. The Bertz CT molecular complexity index is 547. The number of aromatic nitrogens is 2. The average Bonchev–Trinajstić information content (AvgIpc) is 2.82. The topological polar surface area (TPSA) is 69.8 Å². The molecule has 1 amide bonds. The molecule has 0 radical (unpaired) electrons. The van der Waals surface area contributed by atoms with E-state index in [4.69, 9.17) is 0 Å². The number of nitrogens with zero attached hydrogens (tertiary/aromatic N) is 1. The molecule has 0 aliphatic carbocycles. The van der Waals surface area contributed by atoms with Crippen LogP contribution in [-0.4, -0.2) is 28.7 Å². The average molecular weight is 260 g/mol. The number of hydrogen-bond donors (Lipinski definition) is 3. The molecule has 0 unspecified atom stereocenters. The van der Waals surface area contributed by atoms with Crippen LogP contribution in [-0.2, 0) is 4.79 Å². The molecule has 19 heavy (non-hydrogen) atoms. The lowest BCUT2D eigenvalue weighted by atomic mass is 10.2. The highest BCUT2D eigenvalue weighted by Gasteiger charge is 2.04. The van der Waals surface area contributed by atoms with Crippen LogP contribution in [0.1, 0.15) is 26.7 Å². The van der Waals surface area contributed by atoms with Crippen LogP contribution in [0.2, 0.25) is 0 Å². The quantitative estimate of drug-likeness (QED) is 0.698. The summed E-state index contributed by atoms with van der Waals surface area (Å²) in [5, 5.41) is 14.1. The molecule has 0 atom stereocenters. The lowest BCUT2D eigenvalue weighted by Gasteiger charge is -2.08. The summed E-state index contributed by atoms with van der Waals surface area (Å²) >= 11 is 0. The number of hydrogen-bond acceptors (Lipinski definition) is 3.